The number of ketones is 1. The standard InChI is InChI=1S/C40H31N2O3/c1-26-19-34-35(20-27(26)2)42(24-36(43)30-16-15-28-9-3-4-10-29(28)21-30)25-41(34)18-17-33(39-22-31-11-5-7-13-37(31)44-39)40-23-32-12-6-8-14-38(32)45-40/h3-17,19-23,25H,18,24H2,1-2H3/q+1. The molecule has 0 bridgehead atoms. The summed E-state index contributed by atoms with van der Waals surface area (Å²) in [6.07, 6.45) is 4.20. The van der Waals surface area contributed by atoms with Crippen molar-refractivity contribution in [3.8, 4) is 0 Å². The molecule has 45 heavy (non-hydrogen) atoms. The highest BCUT2D eigenvalue weighted by molar-refractivity contribution is 5.99. The maximum atomic E-state index is 13.6. The number of fused-ring (bicyclic) bond motifs is 4. The average molecular weight is 588 g/mol. The molecule has 0 spiro atoms. The summed E-state index contributed by atoms with van der Waals surface area (Å²) in [6, 6.07) is 38.6. The summed E-state index contributed by atoms with van der Waals surface area (Å²) < 4.78 is 16.9. The quantitative estimate of drug-likeness (QED) is 0.138. The van der Waals surface area contributed by atoms with Crippen LogP contribution in [-0.2, 0) is 13.1 Å². The van der Waals surface area contributed by atoms with Crippen LogP contribution in [0.4, 0.5) is 0 Å². The van der Waals surface area contributed by atoms with Crippen LogP contribution in [-0.4, -0.2) is 10.4 Å². The zero-order valence-corrected chi connectivity index (χ0v) is 25.2. The van der Waals surface area contributed by atoms with Gasteiger partial charge in [0.1, 0.15) is 29.2 Å². The predicted molar refractivity (Wildman–Crippen MR) is 179 cm³/mol. The number of hydrogen-bond donors (Lipinski definition) is 0. The molecule has 3 aromatic heterocycles. The number of furan rings is 2. The highest BCUT2D eigenvalue weighted by atomic mass is 16.4. The summed E-state index contributed by atoms with van der Waals surface area (Å²) in [6.45, 7) is 5.04. The Morgan fingerprint density at radius 1 is 0.689 bits per heavy atom. The summed E-state index contributed by atoms with van der Waals surface area (Å²) in [5.74, 6) is 1.57. The van der Waals surface area contributed by atoms with Crippen LogP contribution in [0.2, 0.25) is 0 Å². The van der Waals surface area contributed by atoms with Crippen molar-refractivity contribution in [1.82, 2.24) is 4.57 Å². The van der Waals surface area contributed by atoms with Gasteiger partial charge in [0.2, 0.25) is 12.1 Å². The van der Waals surface area contributed by atoms with Gasteiger partial charge in [0.05, 0.1) is 5.57 Å². The third-order valence-corrected chi connectivity index (χ3v) is 8.75. The van der Waals surface area contributed by atoms with Gasteiger partial charge in [-0.05, 0) is 84.3 Å². The zero-order chi connectivity index (χ0) is 30.5. The molecule has 8 aromatic rings. The lowest BCUT2D eigenvalue weighted by atomic mass is 10.0. The molecule has 0 amide bonds. The Balaban J connectivity index is 1.21. The van der Waals surface area contributed by atoms with E-state index in [1.54, 1.807) is 0 Å². The first kappa shape index (κ1) is 26.9. The first-order valence-electron chi connectivity index (χ1n) is 15.2. The Bertz CT molecular complexity index is 2290. The van der Waals surface area contributed by atoms with E-state index in [-0.39, 0.29) is 12.3 Å². The molecule has 0 unspecified atom stereocenters. The topological polar surface area (TPSA) is 52.2 Å². The fourth-order valence-electron chi connectivity index (χ4n) is 6.16. The number of para-hydroxylation sites is 2. The second kappa shape index (κ2) is 10.8. The Hall–Kier alpha value is -5.68. The van der Waals surface area contributed by atoms with Crippen LogP contribution < -0.4 is 4.57 Å². The van der Waals surface area contributed by atoms with Crippen LogP contribution >= 0.6 is 0 Å². The van der Waals surface area contributed by atoms with Crippen molar-refractivity contribution in [3.05, 3.63) is 156 Å². The summed E-state index contributed by atoms with van der Waals surface area (Å²) >= 11 is 0. The van der Waals surface area contributed by atoms with Gasteiger partial charge in [0.15, 0.2) is 17.6 Å². The monoisotopic (exact) mass is 587 g/mol. The summed E-state index contributed by atoms with van der Waals surface area (Å²) in [7, 11) is 0. The van der Waals surface area contributed by atoms with E-state index in [1.807, 2.05) is 79.1 Å². The molecule has 0 fully saturated rings. The molecule has 0 saturated heterocycles. The number of aryl methyl sites for hydroxylation is 2. The second-order valence-corrected chi connectivity index (χ2v) is 11.7. The van der Waals surface area contributed by atoms with Gasteiger partial charge in [-0.15, -0.1) is 0 Å². The van der Waals surface area contributed by atoms with Gasteiger partial charge < -0.3 is 8.83 Å². The minimum absolute atomic E-state index is 0.0730. The SMILES string of the molecule is Cc1cc2c(cc1C)[n+](CC(=O)c1ccc3ccccc3c1)cn2CC=C(c1cc2ccccc2o1)c1cc2ccccc2o1. The molecule has 0 aliphatic carbocycles. The predicted octanol–water partition coefficient (Wildman–Crippen LogP) is 9.21. The van der Waals surface area contributed by atoms with Crippen LogP contribution in [0.5, 0.6) is 0 Å². The summed E-state index contributed by atoms with van der Waals surface area (Å²) in [4.78, 5) is 13.6. The normalized spacial score (nSPS) is 11.6. The number of carbonyl (C=O) groups is 1. The molecule has 5 heteroatoms. The minimum Gasteiger partial charge on any atom is -0.456 e. The molecule has 0 N–H and O–H groups in total. The van der Waals surface area contributed by atoms with Gasteiger partial charge in [-0.2, -0.15) is 0 Å². The molecule has 0 atom stereocenters. The van der Waals surface area contributed by atoms with Crippen molar-refractivity contribution in [2.75, 3.05) is 0 Å². The fraction of sp³-hybridized carbons (Fsp3) is 0.100. The zero-order valence-electron chi connectivity index (χ0n) is 25.2. The number of allylic oxidation sites excluding steroid dienone is 1. The van der Waals surface area contributed by atoms with Gasteiger partial charge in [-0.1, -0.05) is 72.8 Å². The number of imidazole rings is 1. The lowest BCUT2D eigenvalue weighted by molar-refractivity contribution is -0.657. The maximum Gasteiger partial charge on any atom is 0.245 e. The Morgan fingerprint density at radius 3 is 1.96 bits per heavy atom. The molecule has 0 aliphatic heterocycles. The van der Waals surface area contributed by atoms with E-state index in [9.17, 15) is 4.79 Å². The highest BCUT2D eigenvalue weighted by Crippen LogP contribution is 2.33. The van der Waals surface area contributed by atoms with E-state index in [0.29, 0.717) is 12.1 Å². The molecule has 0 radical (unpaired) electrons. The van der Waals surface area contributed by atoms with Crippen LogP contribution in [0.1, 0.15) is 33.0 Å². The van der Waals surface area contributed by atoms with E-state index in [0.717, 1.165) is 60.8 Å². The second-order valence-electron chi connectivity index (χ2n) is 11.7. The molecule has 8 rings (SSSR count). The van der Waals surface area contributed by atoms with Crippen molar-refractivity contribution in [2.24, 2.45) is 0 Å². The molecule has 218 valence electrons. The van der Waals surface area contributed by atoms with Gasteiger partial charge >= 0.3 is 0 Å². The lowest BCUT2D eigenvalue weighted by Gasteiger charge is -2.03. The van der Waals surface area contributed by atoms with E-state index in [4.69, 9.17) is 8.83 Å². The lowest BCUT2D eigenvalue weighted by Crippen LogP contribution is -2.37. The van der Waals surface area contributed by atoms with Crippen molar-refractivity contribution in [1.29, 1.82) is 0 Å². The third kappa shape index (κ3) is 4.92. The van der Waals surface area contributed by atoms with Crippen LogP contribution in [0.25, 0.3) is 49.3 Å². The highest BCUT2D eigenvalue weighted by Gasteiger charge is 2.22. The number of hydrogen-bond acceptors (Lipinski definition) is 3. The average Bonchev–Trinajstić information content (AvgIpc) is 3.77. The molecule has 5 aromatic carbocycles. The largest absolute Gasteiger partial charge is 0.456 e. The van der Waals surface area contributed by atoms with Crippen molar-refractivity contribution in [2.45, 2.75) is 26.9 Å². The minimum atomic E-state index is 0.0730. The molecular formula is C40H31N2O3+. The Labute approximate surface area is 260 Å². The summed E-state index contributed by atoms with van der Waals surface area (Å²) in [5, 5.41) is 4.27. The molecular weight excluding hydrogens is 556 g/mol. The van der Waals surface area contributed by atoms with Gasteiger partial charge in [-0.3, -0.25) is 4.79 Å². The van der Waals surface area contributed by atoms with Gasteiger partial charge in [-0.25, -0.2) is 9.13 Å². The first-order valence-corrected chi connectivity index (χ1v) is 15.2. The molecule has 0 aliphatic rings. The van der Waals surface area contributed by atoms with E-state index < -0.39 is 0 Å². The van der Waals surface area contributed by atoms with Crippen molar-refractivity contribution in [3.63, 3.8) is 0 Å². The fourth-order valence-corrected chi connectivity index (χ4v) is 6.16. The number of Topliss-reactive ketones (excluding diaryl/α,β-unsaturated/α-hetero) is 1. The molecule has 5 nitrogen and oxygen atoms in total. The van der Waals surface area contributed by atoms with Crippen LogP contribution in [0, 0.1) is 13.8 Å². The number of benzene rings is 5. The number of nitrogens with zero attached hydrogens (tertiary/aromatic N) is 2. The van der Waals surface area contributed by atoms with Crippen LogP contribution in [0.15, 0.2) is 136 Å². The van der Waals surface area contributed by atoms with Crippen LogP contribution in [0.3, 0.4) is 0 Å². The Morgan fingerprint density at radius 2 is 1.29 bits per heavy atom. The van der Waals surface area contributed by atoms with E-state index in [2.05, 4.69) is 71.5 Å². The third-order valence-electron chi connectivity index (χ3n) is 8.75. The number of aromatic nitrogens is 2. The van der Waals surface area contributed by atoms with E-state index >= 15 is 0 Å². The van der Waals surface area contributed by atoms with E-state index in [1.165, 1.54) is 11.1 Å². The number of rotatable bonds is 7. The first-order chi connectivity index (χ1) is 22.0. The van der Waals surface area contributed by atoms with Gasteiger partial charge in [0, 0.05) is 16.3 Å². The summed E-state index contributed by atoms with van der Waals surface area (Å²) in [5.41, 5.74) is 7.73. The maximum absolute atomic E-state index is 13.6. The van der Waals surface area contributed by atoms with Gasteiger partial charge in [0.25, 0.3) is 0 Å². The molecule has 3 heterocycles. The molecule has 0 saturated carbocycles. The van der Waals surface area contributed by atoms with Crippen molar-refractivity contribution < 1.29 is 18.2 Å². The number of carbonyl (C=O) groups excluding carboxylic acids is 1. The smallest absolute Gasteiger partial charge is 0.245 e. The van der Waals surface area contributed by atoms with Crippen molar-refractivity contribution >= 4 is 55.1 Å². The Kier molecular flexibility index (Phi) is 6.45.